The second kappa shape index (κ2) is 8.34. The van der Waals surface area contributed by atoms with Crippen LogP contribution in [0.3, 0.4) is 0 Å². The monoisotopic (exact) mass is 251 g/mol. The Morgan fingerprint density at radius 1 is 1.28 bits per heavy atom. The molecule has 1 saturated carbocycles. The zero-order chi connectivity index (χ0) is 13.4. The third-order valence-electron chi connectivity index (χ3n) is 3.86. The number of carbonyl (C=O) groups excluding carboxylic acids is 1. The van der Waals surface area contributed by atoms with E-state index in [0.29, 0.717) is 0 Å². The van der Waals surface area contributed by atoms with E-state index in [1.807, 2.05) is 0 Å². The summed E-state index contributed by atoms with van der Waals surface area (Å²) in [6.07, 6.45) is 11.8. The fourth-order valence-electron chi connectivity index (χ4n) is 2.49. The number of hydrogen-bond donors (Lipinski definition) is 0. The molecule has 1 fully saturated rings. The molecule has 0 aliphatic heterocycles. The number of unbranched alkanes of at least 4 members (excludes halogenated alkanes) is 1. The van der Waals surface area contributed by atoms with E-state index in [-0.39, 0.29) is 5.91 Å². The highest BCUT2D eigenvalue weighted by molar-refractivity contribution is 5.73. The second-order valence-corrected chi connectivity index (χ2v) is 5.53. The van der Waals surface area contributed by atoms with E-state index in [1.54, 1.807) is 6.92 Å². The molecule has 0 bridgehead atoms. The molecular weight excluding hydrogens is 222 g/mol. The molecule has 1 aliphatic carbocycles. The van der Waals surface area contributed by atoms with Crippen molar-refractivity contribution >= 4 is 5.91 Å². The fourth-order valence-corrected chi connectivity index (χ4v) is 2.49. The minimum atomic E-state index is 0.250. The molecule has 0 spiro atoms. The predicted molar refractivity (Wildman–Crippen MR) is 77.4 cm³/mol. The van der Waals surface area contributed by atoms with Gasteiger partial charge in [-0.2, -0.15) is 0 Å². The molecule has 18 heavy (non-hydrogen) atoms. The van der Waals surface area contributed by atoms with Crippen LogP contribution in [0.15, 0.2) is 12.2 Å². The number of amides is 1. The van der Waals surface area contributed by atoms with E-state index in [2.05, 4.69) is 30.9 Å². The Hall–Kier alpha value is -0.790. The van der Waals surface area contributed by atoms with Crippen molar-refractivity contribution in [3.05, 3.63) is 12.2 Å². The highest BCUT2D eigenvalue weighted by Gasteiger charge is 2.37. The van der Waals surface area contributed by atoms with Gasteiger partial charge in [-0.15, -0.1) is 0 Å². The zero-order valence-corrected chi connectivity index (χ0v) is 12.3. The van der Waals surface area contributed by atoms with Crippen LogP contribution in [0.25, 0.3) is 0 Å². The van der Waals surface area contributed by atoms with Gasteiger partial charge in [0, 0.05) is 20.0 Å². The smallest absolute Gasteiger partial charge is 0.219 e. The summed E-state index contributed by atoms with van der Waals surface area (Å²) in [6, 6.07) is 0. The topological polar surface area (TPSA) is 20.3 Å². The standard InChI is InChI=1S/C16H29NO/c1-4-6-8-9-10-15-12-16(15)13-17(14(3)18)11-7-5-2/h6,8,15-16H,4-5,7,9-13H2,1-3H3/b8-6-. The van der Waals surface area contributed by atoms with Gasteiger partial charge in [-0.1, -0.05) is 32.4 Å². The minimum absolute atomic E-state index is 0.250. The normalized spacial score (nSPS) is 22.4. The Kier molecular flexibility index (Phi) is 7.07. The summed E-state index contributed by atoms with van der Waals surface area (Å²) in [7, 11) is 0. The molecule has 2 unspecified atom stereocenters. The van der Waals surface area contributed by atoms with Crippen molar-refractivity contribution in [1.29, 1.82) is 0 Å². The van der Waals surface area contributed by atoms with Crippen molar-refractivity contribution in [1.82, 2.24) is 4.90 Å². The Bertz CT molecular complexity index is 272. The van der Waals surface area contributed by atoms with Gasteiger partial charge in [-0.05, 0) is 43.9 Å². The average Bonchev–Trinajstić information content (AvgIpc) is 3.08. The van der Waals surface area contributed by atoms with Gasteiger partial charge in [0.05, 0.1) is 0 Å². The molecule has 0 aromatic rings. The van der Waals surface area contributed by atoms with Crippen LogP contribution in [0.4, 0.5) is 0 Å². The van der Waals surface area contributed by atoms with Gasteiger partial charge in [0.25, 0.3) is 0 Å². The van der Waals surface area contributed by atoms with Crippen LogP contribution in [0.5, 0.6) is 0 Å². The molecular formula is C16H29NO. The molecule has 1 aliphatic rings. The first-order valence-electron chi connectivity index (χ1n) is 7.59. The fraction of sp³-hybridized carbons (Fsp3) is 0.812. The molecule has 0 N–H and O–H groups in total. The SMILES string of the molecule is CC/C=C\CCC1CC1CN(CCCC)C(C)=O. The Balaban J connectivity index is 2.18. The van der Waals surface area contributed by atoms with Crippen molar-refractivity contribution in [3.63, 3.8) is 0 Å². The third kappa shape index (κ3) is 5.70. The van der Waals surface area contributed by atoms with Gasteiger partial charge in [-0.25, -0.2) is 0 Å². The Morgan fingerprint density at radius 3 is 2.67 bits per heavy atom. The first-order chi connectivity index (χ1) is 8.69. The van der Waals surface area contributed by atoms with Gasteiger partial charge in [0.15, 0.2) is 0 Å². The minimum Gasteiger partial charge on any atom is -0.343 e. The van der Waals surface area contributed by atoms with E-state index < -0.39 is 0 Å². The summed E-state index contributed by atoms with van der Waals surface area (Å²) in [5.74, 6) is 1.90. The van der Waals surface area contributed by atoms with Crippen LogP contribution in [-0.4, -0.2) is 23.9 Å². The molecule has 2 atom stereocenters. The lowest BCUT2D eigenvalue weighted by Crippen LogP contribution is -2.32. The van der Waals surface area contributed by atoms with Crippen molar-refractivity contribution in [2.45, 2.75) is 59.3 Å². The quantitative estimate of drug-likeness (QED) is 0.567. The van der Waals surface area contributed by atoms with E-state index in [1.165, 1.54) is 25.7 Å². The van der Waals surface area contributed by atoms with Crippen LogP contribution < -0.4 is 0 Å². The molecule has 0 aromatic heterocycles. The number of rotatable bonds is 9. The summed E-state index contributed by atoms with van der Waals surface area (Å²) in [6.45, 7) is 8.01. The summed E-state index contributed by atoms with van der Waals surface area (Å²) in [5, 5.41) is 0. The molecule has 2 nitrogen and oxygen atoms in total. The predicted octanol–water partition coefficient (Wildman–Crippen LogP) is 4.02. The number of nitrogens with zero attached hydrogens (tertiary/aromatic N) is 1. The molecule has 0 heterocycles. The Labute approximate surface area is 112 Å². The van der Waals surface area contributed by atoms with E-state index >= 15 is 0 Å². The molecule has 2 heteroatoms. The maximum absolute atomic E-state index is 11.5. The van der Waals surface area contributed by atoms with E-state index in [9.17, 15) is 4.79 Å². The summed E-state index contributed by atoms with van der Waals surface area (Å²) in [4.78, 5) is 13.6. The lowest BCUT2D eigenvalue weighted by molar-refractivity contribution is -0.129. The largest absolute Gasteiger partial charge is 0.343 e. The molecule has 104 valence electrons. The third-order valence-corrected chi connectivity index (χ3v) is 3.86. The number of hydrogen-bond acceptors (Lipinski definition) is 1. The van der Waals surface area contributed by atoms with Crippen molar-refractivity contribution in [2.75, 3.05) is 13.1 Å². The number of allylic oxidation sites excluding steroid dienone is 2. The van der Waals surface area contributed by atoms with Crippen molar-refractivity contribution < 1.29 is 4.79 Å². The van der Waals surface area contributed by atoms with Crippen molar-refractivity contribution in [3.8, 4) is 0 Å². The van der Waals surface area contributed by atoms with Gasteiger partial charge in [-0.3, -0.25) is 4.79 Å². The molecule has 0 saturated heterocycles. The Morgan fingerprint density at radius 2 is 2.06 bits per heavy atom. The highest BCUT2D eigenvalue weighted by atomic mass is 16.2. The van der Waals surface area contributed by atoms with Crippen LogP contribution in [0.1, 0.15) is 59.3 Å². The maximum atomic E-state index is 11.5. The average molecular weight is 251 g/mol. The summed E-state index contributed by atoms with van der Waals surface area (Å²) < 4.78 is 0. The summed E-state index contributed by atoms with van der Waals surface area (Å²) >= 11 is 0. The number of carbonyl (C=O) groups is 1. The maximum Gasteiger partial charge on any atom is 0.219 e. The first-order valence-corrected chi connectivity index (χ1v) is 7.59. The van der Waals surface area contributed by atoms with Gasteiger partial charge < -0.3 is 4.90 Å². The molecule has 0 radical (unpaired) electrons. The summed E-state index contributed by atoms with van der Waals surface area (Å²) in [5.41, 5.74) is 0. The van der Waals surface area contributed by atoms with Gasteiger partial charge in [0.2, 0.25) is 5.91 Å². The molecule has 1 rings (SSSR count). The van der Waals surface area contributed by atoms with Crippen LogP contribution in [-0.2, 0) is 4.79 Å². The lowest BCUT2D eigenvalue weighted by atomic mass is 10.1. The van der Waals surface area contributed by atoms with E-state index in [0.717, 1.165) is 37.8 Å². The lowest BCUT2D eigenvalue weighted by Gasteiger charge is -2.20. The molecule has 1 amide bonds. The highest BCUT2D eigenvalue weighted by Crippen LogP contribution is 2.42. The van der Waals surface area contributed by atoms with Gasteiger partial charge in [0.1, 0.15) is 0 Å². The zero-order valence-electron chi connectivity index (χ0n) is 12.3. The van der Waals surface area contributed by atoms with Gasteiger partial charge >= 0.3 is 0 Å². The first kappa shape index (κ1) is 15.3. The van der Waals surface area contributed by atoms with Crippen molar-refractivity contribution in [2.24, 2.45) is 11.8 Å². The van der Waals surface area contributed by atoms with E-state index in [4.69, 9.17) is 0 Å². The van der Waals surface area contributed by atoms with Crippen LogP contribution in [0.2, 0.25) is 0 Å². The van der Waals surface area contributed by atoms with Crippen LogP contribution >= 0.6 is 0 Å². The van der Waals surface area contributed by atoms with Crippen LogP contribution in [0, 0.1) is 11.8 Å². The second-order valence-electron chi connectivity index (χ2n) is 5.53. The molecule has 0 aromatic carbocycles.